The first-order chi connectivity index (χ1) is 6.65. The van der Waals surface area contributed by atoms with Gasteiger partial charge in [0.05, 0.1) is 0 Å². The van der Waals surface area contributed by atoms with E-state index >= 15 is 0 Å². The second kappa shape index (κ2) is 5.72. The molecule has 1 fully saturated rings. The standard InChI is InChI=1S/C12H26N2/c1-10(2)5-4-7-14-8-6-11(3)12(14)9-13/h10-12H,4-9,13H2,1-3H3. The van der Waals surface area contributed by atoms with E-state index in [4.69, 9.17) is 5.73 Å². The summed E-state index contributed by atoms with van der Waals surface area (Å²) in [7, 11) is 0. The van der Waals surface area contributed by atoms with E-state index in [1.807, 2.05) is 0 Å². The molecule has 2 heteroatoms. The minimum Gasteiger partial charge on any atom is -0.329 e. The minimum absolute atomic E-state index is 0.655. The number of nitrogens with two attached hydrogens (primary N) is 1. The van der Waals surface area contributed by atoms with Crippen molar-refractivity contribution in [3.8, 4) is 0 Å². The average molecular weight is 198 g/mol. The van der Waals surface area contributed by atoms with Crippen LogP contribution < -0.4 is 5.73 Å². The minimum atomic E-state index is 0.655. The number of hydrogen-bond acceptors (Lipinski definition) is 2. The summed E-state index contributed by atoms with van der Waals surface area (Å²) in [4.78, 5) is 2.59. The van der Waals surface area contributed by atoms with Crippen LogP contribution in [-0.4, -0.2) is 30.6 Å². The Kier molecular flexibility index (Phi) is 4.90. The van der Waals surface area contributed by atoms with Crippen LogP contribution in [-0.2, 0) is 0 Å². The van der Waals surface area contributed by atoms with Gasteiger partial charge in [-0.05, 0) is 44.2 Å². The van der Waals surface area contributed by atoms with E-state index in [0.717, 1.165) is 18.4 Å². The third-order valence-electron chi connectivity index (χ3n) is 3.47. The molecule has 0 aliphatic carbocycles. The smallest absolute Gasteiger partial charge is 0.0244 e. The first-order valence-corrected chi connectivity index (χ1v) is 6.09. The summed E-state index contributed by atoms with van der Waals surface area (Å²) in [5.74, 6) is 1.64. The zero-order valence-electron chi connectivity index (χ0n) is 10.00. The highest BCUT2D eigenvalue weighted by atomic mass is 15.2. The molecule has 2 N–H and O–H groups in total. The van der Waals surface area contributed by atoms with Gasteiger partial charge in [-0.15, -0.1) is 0 Å². The van der Waals surface area contributed by atoms with Crippen molar-refractivity contribution < 1.29 is 0 Å². The summed E-state index contributed by atoms with van der Waals surface area (Å²) in [6.45, 7) is 10.3. The fourth-order valence-electron chi connectivity index (χ4n) is 2.45. The van der Waals surface area contributed by atoms with Crippen LogP contribution in [0.25, 0.3) is 0 Å². The van der Waals surface area contributed by atoms with Crippen molar-refractivity contribution in [3.63, 3.8) is 0 Å². The molecule has 1 heterocycles. The monoisotopic (exact) mass is 198 g/mol. The molecule has 0 bridgehead atoms. The number of hydrogen-bond donors (Lipinski definition) is 1. The van der Waals surface area contributed by atoms with Gasteiger partial charge in [0.25, 0.3) is 0 Å². The molecule has 0 saturated carbocycles. The Morgan fingerprint density at radius 2 is 2.14 bits per heavy atom. The molecule has 0 aromatic carbocycles. The molecule has 0 aromatic heterocycles. The Morgan fingerprint density at radius 1 is 1.43 bits per heavy atom. The molecule has 0 radical (unpaired) electrons. The van der Waals surface area contributed by atoms with E-state index in [9.17, 15) is 0 Å². The van der Waals surface area contributed by atoms with E-state index in [2.05, 4.69) is 25.7 Å². The molecule has 1 aliphatic rings. The summed E-state index contributed by atoms with van der Waals surface area (Å²) in [5.41, 5.74) is 5.80. The normalized spacial score (nSPS) is 28.9. The van der Waals surface area contributed by atoms with Crippen molar-refractivity contribution in [2.24, 2.45) is 17.6 Å². The number of likely N-dealkylation sites (tertiary alicyclic amines) is 1. The molecular formula is C12H26N2. The van der Waals surface area contributed by atoms with Crippen molar-refractivity contribution >= 4 is 0 Å². The predicted molar refractivity (Wildman–Crippen MR) is 62.3 cm³/mol. The second-order valence-corrected chi connectivity index (χ2v) is 5.14. The van der Waals surface area contributed by atoms with Crippen LogP contribution in [0.1, 0.15) is 40.0 Å². The highest BCUT2D eigenvalue weighted by molar-refractivity contribution is 4.85. The summed E-state index contributed by atoms with van der Waals surface area (Å²) < 4.78 is 0. The topological polar surface area (TPSA) is 29.3 Å². The highest BCUT2D eigenvalue weighted by Crippen LogP contribution is 2.23. The Balaban J connectivity index is 2.23. The fourth-order valence-corrected chi connectivity index (χ4v) is 2.45. The average Bonchev–Trinajstić information content (AvgIpc) is 2.46. The van der Waals surface area contributed by atoms with Gasteiger partial charge in [-0.2, -0.15) is 0 Å². The van der Waals surface area contributed by atoms with Crippen LogP contribution in [0.4, 0.5) is 0 Å². The third kappa shape index (κ3) is 3.25. The van der Waals surface area contributed by atoms with Crippen molar-refractivity contribution in [3.05, 3.63) is 0 Å². The van der Waals surface area contributed by atoms with Crippen LogP contribution in [0.3, 0.4) is 0 Å². The molecule has 1 rings (SSSR count). The van der Waals surface area contributed by atoms with Crippen molar-refractivity contribution in [2.75, 3.05) is 19.6 Å². The highest BCUT2D eigenvalue weighted by Gasteiger charge is 2.28. The van der Waals surface area contributed by atoms with Crippen LogP contribution in [0.15, 0.2) is 0 Å². The van der Waals surface area contributed by atoms with E-state index in [-0.39, 0.29) is 0 Å². The van der Waals surface area contributed by atoms with Gasteiger partial charge in [-0.1, -0.05) is 20.8 Å². The van der Waals surface area contributed by atoms with Gasteiger partial charge in [0.2, 0.25) is 0 Å². The van der Waals surface area contributed by atoms with E-state index < -0.39 is 0 Å². The van der Waals surface area contributed by atoms with Crippen molar-refractivity contribution in [1.29, 1.82) is 0 Å². The van der Waals surface area contributed by atoms with Gasteiger partial charge >= 0.3 is 0 Å². The van der Waals surface area contributed by atoms with Gasteiger partial charge in [0, 0.05) is 12.6 Å². The molecule has 0 spiro atoms. The zero-order chi connectivity index (χ0) is 10.6. The molecule has 2 nitrogen and oxygen atoms in total. The lowest BCUT2D eigenvalue weighted by Crippen LogP contribution is -2.38. The zero-order valence-corrected chi connectivity index (χ0v) is 10.00. The first kappa shape index (κ1) is 12.0. The van der Waals surface area contributed by atoms with Crippen LogP contribution in [0, 0.1) is 11.8 Å². The van der Waals surface area contributed by atoms with Crippen molar-refractivity contribution in [1.82, 2.24) is 4.90 Å². The quantitative estimate of drug-likeness (QED) is 0.733. The summed E-state index contributed by atoms with van der Waals surface area (Å²) in [5, 5.41) is 0. The van der Waals surface area contributed by atoms with Gasteiger partial charge < -0.3 is 5.73 Å². The Bertz CT molecular complexity index is 156. The number of nitrogens with zero attached hydrogens (tertiary/aromatic N) is 1. The lowest BCUT2D eigenvalue weighted by molar-refractivity contribution is 0.228. The van der Waals surface area contributed by atoms with Crippen LogP contribution in [0.2, 0.25) is 0 Å². The predicted octanol–water partition coefficient (Wildman–Crippen LogP) is 2.09. The molecule has 0 aromatic rings. The van der Waals surface area contributed by atoms with Gasteiger partial charge in [0.15, 0.2) is 0 Å². The Morgan fingerprint density at radius 3 is 2.71 bits per heavy atom. The maximum absolute atomic E-state index is 5.80. The van der Waals surface area contributed by atoms with E-state index in [1.165, 1.54) is 32.4 Å². The molecule has 1 saturated heterocycles. The van der Waals surface area contributed by atoms with Gasteiger partial charge in [-0.3, -0.25) is 4.90 Å². The molecule has 14 heavy (non-hydrogen) atoms. The molecule has 1 aliphatic heterocycles. The molecule has 84 valence electrons. The van der Waals surface area contributed by atoms with Crippen molar-refractivity contribution in [2.45, 2.75) is 46.1 Å². The summed E-state index contributed by atoms with van der Waals surface area (Å²) in [6, 6.07) is 0.655. The maximum Gasteiger partial charge on any atom is 0.0244 e. The Labute approximate surface area is 88.8 Å². The molecular weight excluding hydrogens is 172 g/mol. The van der Waals surface area contributed by atoms with E-state index in [1.54, 1.807) is 0 Å². The molecule has 2 unspecified atom stereocenters. The number of rotatable bonds is 5. The fraction of sp³-hybridized carbons (Fsp3) is 1.00. The summed E-state index contributed by atoms with van der Waals surface area (Å²) >= 11 is 0. The molecule has 2 atom stereocenters. The first-order valence-electron chi connectivity index (χ1n) is 6.09. The SMILES string of the molecule is CC(C)CCCN1CCC(C)C1CN. The van der Waals surface area contributed by atoms with E-state index in [0.29, 0.717) is 6.04 Å². The van der Waals surface area contributed by atoms with Crippen LogP contribution >= 0.6 is 0 Å². The Hall–Kier alpha value is -0.0800. The summed E-state index contributed by atoms with van der Waals surface area (Å²) in [6.07, 6.45) is 4.02. The maximum atomic E-state index is 5.80. The van der Waals surface area contributed by atoms with Gasteiger partial charge in [-0.25, -0.2) is 0 Å². The lowest BCUT2D eigenvalue weighted by Gasteiger charge is -2.25. The van der Waals surface area contributed by atoms with Crippen LogP contribution in [0.5, 0.6) is 0 Å². The second-order valence-electron chi connectivity index (χ2n) is 5.14. The largest absolute Gasteiger partial charge is 0.329 e. The lowest BCUT2D eigenvalue weighted by atomic mass is 10.0. The van der Waals surface area contributed by atoms with Gasteiger partial charge in [0.1, 0.15) is 0 Å². The molecule has 0 amide bonds. The third-order valence-corrected chi connectivity index (χ3v) is 3.47.